The van der Waals surface area contributed by atoms with Gasteiger partial charge in [0.1, 0.15) is 24.0 Å². The number of aromatic nitrogens is 2. The average molecular weight is 529 g/mol. The van der Waals surface area contributed by atoms with Gasteiger partial charge in [0, 0.05) is 12.3 Å². The van der Waals surface area contributed by atoms with Gasteiger partial charge in [0.15, 0.2) is 11.9 Å². The number of esters is 1. The molecule has 0 amide bonds. The lowest BCUT2D eigenvalue weighted by Crippen LogP contribution is -2.43. The number of aromatic amines is 1. The van der Waals surface area contributed by atoms with Crippen LogP contribution in [0.2, 0.25) is 0 Å². The standard InChI is InChI=1S/C22H29FN3O9P/c1-13(2)33-19(29)14(3)25-36(31,35-15-8-6-5-7-9-15)32-12-16-18(28)22(4,23)20(34-16)26-11-10-17(27)24-21(26)30/h5-11,13-14,16,18,20,28H,12H2,1-4H3,(H,25,31)(H,24,27,30)/t14-,16-,18-,20+,22-,36+/m1/s1. The summed E-state index contributed by atoms with van der Waals surface area (Å²) < 4.78 is 51.4. The first-order chi connectivity index (χ1) is 16.8. The topological polar surface area (TPSA) is 158 Å². The maximum atomic E-state index is 15.4. The Morgan fingerprint density at radius 2 is 1.94 bits per heavy atom. The largest absolute Gasteiger partial charge is 0.462 e. The summed E-state index contributed by atoms with van der Waals surface area (Å²) in [7, 11) is -4.30. The Kier molecular flexibility index (Phi) is 8.52. The van der Waals surface area contributed by atoms with E-state index in [1.165, 1.54) is 19.1 Å². The highest BCUT2D eigenvalue weighted by atomic mass is 31.2. The Bertz CT molecular complexity index is 1220. The first kappa shape index (κ1) is 27.8. The number of ether oxygens (including phenoxy) is 2. The van der Waals surface area contributed by atoms with Crippen molar-refractivity contribution in [3.63, 3.8) is 0 Å². The van der Waals surface area contributed by atoms with E-state index in [0.29, 0.717) is 0 Å². The number of carbonyl (C=O) groups is 1. The van der Waals surface area contributed by atoms with Crippen LogP contribution in [0.3, 0.4) is 0 Å². The van der Waals surface area contributed by atoms with Crippen LogP contribution in [-0.4, -0.2) is 57.3 Å². The molecule has 0 bridgehead atoms. The highest BCUT2D eigenvalue weighted by molar-refractivity contribution is 7.52. The third-order valence-corrected chi connectivity index (χ3v) is 6.90. The van der Waals surface area contributed by atoms with Crippen molar-refractivity contribution in [3.05, 3.63) is 63.4 Å². The molecule has 0 saturated carbocycles. The fourth-order valence-corrected chi connectivity index (χ4v) is 4.97. The summed E-state index contributed by atoms with van der Waals surface area (Å²) >= 11 is 0. The minimum Gasteiger partial charge on any atom is -0.462 e. The lowest BCUT2D eigenvalue weighted by atomic mass is 9.98. The van der Waals surface area contributed by atoms with Crippen LogP contribution in [0.15, 0.2) is 52.2 Å². The molecule has 0 unspecified atom stereocenters. The van der Waals surface area contributed by atoms with Crippen molar-refractivity contribution in [1.82, 2.24) is 14.6 Å². The number of nitrogens with one attached hydrogen (secondary N) is 2. The van der Waals surface area contributed by atoms with Crippen molar-refractivity contribution in [1.29, 1.82) is 0 Å². The number of aliphatic hydroxyl groups excluding tert-OH is 1. The Balaban J connectivity index is 1.80. The zero-order valence-corrected chi connectivity index (χ0v) is 21.0. The minimum atomic E-state index is -4.30. The molecule has 12 nitrogen and oxygen atoms in total. The van der Waals surface area contributed by atoms with Crippen LogP contribution in [0.5, 0.6) is 5.75 Å². The van der Waals surface area contributed by atoms with E-state index in [4.69, 9.17) is 18.5 Å². The van der Waals surface area contributed by atoms with E-state index >= 15 is 4.39 Å². The van der Waals surface area contributed by atoms with Gasteiger partial charge in [0.25, 0.3) is 5.56 Å². The number of nitrogens with zero attached hydrogens (tertiary/aromatic N) is 1. The number of alkyl halides is 1. The van der Waals surface area contributed by atoms with Crippen LogP contribution in [0.4, 0.5) is 4.39 Å². The summed E-state index contributed by atoms with van der Waals surface area (Å²) in [5.74, 6) is -0.560. The first-order valence-corrected chi connectivity index (χ1v) is 12.7. The third kappa shape index (κ3) is 6.48. The Labute approximate surface area is 205 Å². The summed E-state index contributed by atoms with van der Waals surface area (Å²) in [4.78, 5) is 37.7. The Morgan fingerprint density at radius 3 is 2.56 bits per heavy atom. The maximum Gasteiger partial charge on any atom is 0.459 e. The van der Waals surface area contributed by atoms with E-state index < -0.39 is 67.8 Å². The second-order valence-corrected chi connectivity index (χ2v) is 10.4. The molecule has 14 heteroatoms. The van der Waals surface area contributed by atoms with E-state index in [1.54, 1.807) is 32.0 Å². The molecule has 1 fully saturated rings. The molecule has 198 valence electrons. The molecule has 1 saturated heterocycles. The van der Waals surface area contributed by atoms with Crippen molar-refractivity contribution in [3.8, 4) is 5.75 Å². The van der Waals surface area contributed by atoms with Gasteiger partial charge in [-0.2, -0.15) is 5.09 Å². The summed E-state index contributed by atoms with van der Waals surface area (Å²) in [6.45, 7) is 5.07. The molecule has 36 heavy (non-hydrogen) atoms. The molecule has 1 aliphatic rings. The number of H-pyrrole nitrogens is 1. The smallest absolute Gasteiger partial charge is 0.459 e. The molecule has 3 rings (SSSR count). The molecular formula is C22H29FN3O9P. The molecule has 6 atom stereocenters. The lowest BCUT2D eigenvalue weighted by Gasteiger charge is -2.25. The number of aliphatic hydroxyl groups is 1. The van der Waals surface area contributed by atoms with Gasteiger partial charge in [-0.1, -0.05) is 18.2 Å². The van der Waals surface area contributed by atoms with Gasteiger partial charge >= 0.3 is 19.4 Å². The highest BCUT2D eigenvalue weighted by Gasteiger charge is 2.55. The number of hydrogen-bond acceptors (Lipinski definition) is 9. The molecule has 1 aliphatic heterocycles. The number of benzene rings is 1. The zero-order valence-electron chi connectivity index (χ0n) is 20.1. The molecule has 1 aromatic heterocycles. The predicted octanol–water partition coefficient (Wildman–Crippen LogP) is 1.66. The van der Waals surface area contributed by atoms with Gasteiger partial charge in [-0.3, -0.25) is 23.7 Å². The summed E-state index contributed by atoms with van der Waals surface area (Å²) in [6.07, 6.45) is -4.21. The molecule has 0 aliphatic carbocycles. The molecule has 3 N–H and O–H groups in total. The maximum absolute atomic E-state index is 15.4. The Hall–Kier alpha value is -2.83. The van der Waals surface area contributed by atoms with Crippen molar-refractivity contribution >= 4 is 13.7 Å². The fraction of sp³-hybridized carbons (Fsp3) is 0.500. The normalized spacial score (nSPS) is 26.4. The van der Waals surface area contributed by atoms with Crippen LogP contribution >= 0.6 is 7.75 Å². The Morgan fingerprint density at radius 1 is 1.28 bits per heavy atom. The van der Waals surface area contributed by atoms with Crippen molar-refractivity contribution < 1.29 is 37.4 Å². The van der Waals surface area contributed by atoms with Crippen LogP contribution in [0, 0.1) is 0 Å². The fourth-order valence-electron chi connectivity index (χ4n) is 3.47. The number of carbonyl (C=O) groups excluding carboxylic acids is 1. The van der Waals surface area contributed by atoms with Gasteiger partial charge in [-0.25, -0.2) is 13.8 Å². The summed E-state index contributed by atoms with van der Waals surface area (Å²) in [5, 5.41) is 13.0. The van der Waals surface area contributed by atoms with Crippen LogP contribution in [0.25, 0.3) is 0 Å². The highest BCUT2D eigenvalue weighted by Crippen LogP contribution is 2.47. The van der Waals surface area contributed by atoms with E-state index in [0.717, 1.165) is 23.8 Å². The monoisotopic (exact) mass is 529 g/mol. The second-order valence-electron chi connectivity index (χ2n) is 8.67. The molecular weight excluding hydrogens is 500 g/mol. The number of rotatable bonds is 10. The SMILES string of the molecule is CC(C)OC(=O)[C@@H](C)N[P@](=O)(OC[C@H]1O[C@H](n2ccc(=O)[nH]c2=O)[C@](C)(F)[C@@H]1O)Oc1ccccc1. The lowest BCUT2D eigenvalue weighted by molar-refractivity contribution is -0.149. The molecule has 0 spiro atoms. The van der Waals surface area contributed by atoms with Crippen molar-refractivity contribution in [2.45, 2.75) is 63.9 Å². The van der Waals surface area contributed by atoms with E-state index in [9.17, 15) is 24.1 Å². The van der Waals surface area contributed by atoms with Gasteiger partial charge in [-0.15, -0.1) is 0 Å². The number of para-hydroxylation sites is 1. The van der Waals surface area contributed by atoms with Crippen molar-refractivity contribution in [2.24, 2.45) is 0 Å². The third-order valence-electron chi connectivity index (χ3n) is 5.26. The number of halogens is 1. The van der Waals surface area contributed by atoms with E-state index in [2.05, 4.69) is 5.09 Å². The van der Waals surface area contributed by atoms with Gasteiger partial charge in [-0.05, 0) is 39.8 Å². The van der Waals surface area contributed by atoms with Gasteiger partial charge < -0.3 is 19.1 Å². The van der Waals surface area contributed by atoms with Crippen LogP contribution < -0.4 is 20.9 Å². The molecule has 2 aromatic rings. The number of hydrogen-bond donors (Lipinski definition) is 3. The second kappa shape index (κ2) is 11.1. The van der Waals surface area contributed by atoms with Crippen LogP contribution in [0.1, 0.15) is 33.9 Å². The molecule has 1 aromatic carbocycles. The predicted molar refractivity (Wildman–Crippen MR) is 125 cm³/mol. The molecule has 2 heterocycles. The van der Waals surface area contributed by atoms with E-state index in [-0.39, 0.29) is 5.75 Å². The average Bonchev–Trinajstić information content (AvgIpc) is 3.01. The minimum absolute atomic E-state index is 0.152. The first-order valence-electron chi connectivity index (χ1n) is 11.1. The summed E-state index contributed by atoms with van der Waals surface area (Å²) in [5.41, 5.74) is -4.12. The van der Waals surface area contributed by atoms with Crippen molar-refractivity contribution in [2.75, 3.05) is 6.61 Å². The quantitative estimate of drug-likeness (QED) is 0.305. The summed E-state index contributed by atoms with van der Waals surface area (Å²) in [6, 6.07) is 7.86. The van der Waals surface area contributed by atoms with Gasteiger partial charge in [0.2, 0.25) is 0 Å². The zero-order chi connectivity index (χ0) is 26.7. The van der Waals surface area contributed by atoms with Crippen LogP contribution in [-0.2, 0) is 23.4 Å². The van der Waals surface area contributed by atoms with Gasteiger partial charge in [0.05, 0.1) is 12.7 Å². The van der Waals surface area contributed by atoms with E-state index in [1.807, 2.05) is 4.98 Å². The molecule has 0 radical (unpaired) electrons.